The molecule has 0 bridgehead atoms. The average molecular weight is 288 g/mol. The Bertz CT molecular complexity index is 638. The van der Waals surface area contributed by atoms with E-state index in [2.05, 4.69) is 0 Å². The number of benzene rings is 2. The Morgan fingerprint density at radius 3 is 2.62 bits per heavy atom. The topological polar surface area (TPSA) is 35.5 Å². The molecule has 4 heteroatoms. The van der Waals surface area contributed by atoms with Crippen LogP contribution in [0.4, 0.5) is 4.39 Å². The van der Waals surface area contributed by atoms with Crippen molar-refractivity contribution in [3.05, 3.63) is 59.4 Å². The number of rotatable bonds is 6. The molecule has 2 aromatic rings. The van der Waals surface area contributed by atoms with Gasteiger partial charge in [0.25, 0.3) is 0 Å². The van der Waals surface area contributed by atoms with Gasteiger partial charge >= 0.3 is 0 Å². The highest BCUT2D eigenvalue weighted by molar-refractivity contribution is 5.94. The smallest absolute Gasteiger partial charge is 0.159 e. The van der Waals surface area contributed by atoms with Crippen molar-refractivity contribution in [3.8, 4) is 11.5 Å². The number of ether oxygens (including phenoxy) is 2. The normalized spacial score (nSPS) is 10.2. The third kappa shape index (κ3) is 4.05. The molecular formula is C17H17FO3. The van der Waals surface area contributed by atoms with Gasteiger partial charge in [-0.3, -0.25) is 4.79 Å². The van der Waals surface area contributed by atoms with Gasteiger partial charge in [-0.05, 0) is 44.2 Å². The standard InChI is InChI=1S/C17H17FO3/c1-3-20-17-8-7-13(12(2)19)9-14(17)11-21-16-6-4-5-15(18)10-16/h4-10H,3,11H2,1-2H3. The molecule has 0 radical (unpaired) electrons. The molecule has 0 aliphatic rings. The molecule has 0 aliphatic carbocycles. The van der Waals surface area contributed by atoms with Crippen LogP contribution in [0.25, 0.3) is 0 Å². The molecular weight excluding hydrogens is 271 g/mol. The van der Waals surface area contributed by atoms with E-state index in [-0.39, 0.29) is 18.2 Å². The van der Waals surface area contributed by atoms with E-state index in [1.165, 1.54) is 19.1 Å². The summed E-state index contributed by atoms with van der Waals surface area (Å²) in [5.41, 5.74) is 1.35. The van der Waals surface area contributed by atoms with Crippen LogP contribution in [0, 0.1) is 5.82 Å². The van der Waals surface area contributed by atoms with Crippen LogP contribution in [0.3, 0.4) is 0 Å². The van der Waals surface area contributed by atoms with E-state index in [9.17, 15) is 9.18 Å². The first-order valence-corrected chi connectivity index (χ1v) is 6.75. The van der Waals surface area contributed by atoms with Gasteiger partial charge in [-0.15, -0.1) is 0 Å². The largest absolute Gasteiger partial charge is 0.493 e. The zero-order chi connectivity index (χ0) is 15.2. The van der Waals surface area contributed by atoms with Crippen LogP contribution < -0.4 is 9.47 Å². The van der Waals surface area contributed by atoms with Gasteiger partial charge in [0.1, 0.15) is 23.9 Å². The van der Waals surface area contributed by atoms with Gasteiger partial charge in [-0.25, -0.2) is 4.39 Å². The van der Waals surface area contributed by atoms with Crippen molar-refractivity contribution in [2.24, 2.45) is 0 Å². The monoisotopic (exact) mass is 288 g/mol. The van der Waals surface area contributed by atoms with Gasteiger partial charge in [-0.2, -0.15) is 0 Å². The van der Waals surface area contributed by atoms with E-state index in [1.54, 1.807) is 30.3 Å². The van der Waals surface area contributed by atoms with E-state index >= 15 is 0 Å². The third-order valence-corrected chi connectivity index (χ3v) is 2.96. The third-order valence-electron chi connectivity index (χ3n) is 2.96. The van der Waals surface area contributed by atoms with Crippen molar-refractivity contribution in [1.82, 2.24) is 0 Å². The first kappa shape index (κ1) is 15.0. The Balaban J connectivity index is 2.20. The van der Waals surface area contributed by atoms with Crippen LogP contribution >= 0.6 is 0 Å². The fraction of sp³-hybridized carbons (Fsp3) is 0.235. The molecule has 21 heavy (non-hydrogen) atoms. The van der Waals surface area contributed by atoms with E-state index in [0.717, 1.165) is 5.56 Å². The molecule has 0 fully saturated rings. The molecule has 0 aliphatic heterocycles. The highest BCUT2D eigenvalue weighted by Gasteiger charge is 2.09. The first-order chi connectivity index (χ1) is 10.1. The molecule has 3 nitrogen and oxygen atoms in total. The van der Waals surface area contributed by atoms with Gasteiger partial charge in [0, 0.05) is 17.2 Å². The van der Waals surface area contributed by atoms with Gasteiger partial charge in [0.15, 0.2) is 5.78 Å². The minimum Gasteiger partial charge on any atom is -0.493 e. The van der Waals surface area contributed by atoms with Crippen molar-refractivity contribution in [2.75, 3.05) is 6.61 Å². The summed E-state index contributed by atoms with van der Waals surface area (Å²) in [6, 6.07) is 11.2. The number of ketones is 1. The van der Waals surface area contributed by atoms with E-state index in [0.29, 0.717) is 23.7 Å². The lowest BCUT2D eigenvalue weighted by Gasteiger charge is -2.12. The van der Waals surface area contributed by atoms with Gasteiger partial charge in [0.05, 0.1) is 6.61 Å². The van der Waals surface area contributed by atoms with Crippen LogP contribution in [0.2, 0.25) is 0 Å². The number of hydrogen-bond donors (Lipinski definition) is 0. The number of halogens is 1. The quantitative estimate of drug-likeness (QED) is 0.753. The lowest BCUT2D eigenvalue weighted by atomic mass is 10.1. The van der Waals surface area contributed by atoms with E-state index < -0.39 is 0 Å². The zero-order valence-electron chi connectivity index (χ0n) is 12.1. The Labute approximate surface area is 123 Å². The summed E-state index contributed by atoms with van der Waals surface area (Å²) in [6.07, 6.45) is 0. The highest BCUT2D eigenvalue weighted by atomic mass is 19.1. The van der Waals surface area contributed by atoms with Crippen molar-refractivity contribution in [3.63, 3.8) is 0 Å². The lowest BCUT2D eigenvalue weighted by molar-refractivity contribution is 0.101. The molecule has 0 saturated carbocycles. The minimum absolute atomic E-state index is 0.0231. The fourth-order valence-electron chi connectivity index (χ4n) is 1.93. The van der Waals surface area contributed by atoms with Crippen molar-refractivity contribution >= 4 is 5.78 Å². The fourth-order valence-corrected chi connectivity index (χ4v) is 1.93. The van der Waals surface area contributed by atoms with Gasteiger partial charge in [-0.1, -0.05) is 6.07 Å². The summed E-state index contributed by atoms with van der Waals surface area (Å²) >= 11 is 0. The summed E-state index contributed by atoms with van der Waals surface area (Å²) in [5, 5.41) is 0. The molecule has 0 atom stereocenters. The van der Waals surface area contributed by atoms with Gasteiger partial charge < -0.3 is 9.47 Å². The number of carbonyl (C=O) groups excluding carboxylic acids is 1. The van der Waals surface area contributed by atoms with E-state index in [1.807, 2.05) is 6.92 Å². The lowest BCUT2D eigenvalue weighted by Crippen LogP contribution is -2.03. The molecule has 110 valence electrons. The van der Waals surface area contributed by atoms with Crippen molar-refractivity contribution in [2.45, 2.75) is 20.5 Å². The van der Waals surface area contributed by atoms with Crippen molar-refractivity contribution in [1.29, 1.82) is 0 Å². The average Bonchev–Trinajstić information content (AvgIpc) is 2.46. The highest BCUT2D eigenvalue weighted by Crippen LogP contribution is 2.23. The maximum absolute atomic E-state index is 13.1. The molecule has 0 aromatic heterocycles. The van der Waals surface area contributed by atoms with Crippen LogP contribution in [0.5, 0.6) is 11.5 Å². The summed E-state index contributed by atoms with van der Waals surface area (Å²) in [7, 11) is 0. The molecule has 0 saturated heterocycles. The maximum Gasteiger partial charge on any atom is 0.159 e. The summed E-state index contributed by atoms with van der Waals surface area (Å²) in [5.74, 6) is 0.727. The van der Waals surface area contributed by atoms with E-state index in [4.69, 9.17) is 9.47 Å². The SMILES string of the molecule is CCOc1ccc(C(C)=O)cc1COc1cccc(F)c1. The number of Topliss-reactive ketones (excluding diaryl/α,β-unsaturated/α-hetero) is 1. The second-order valence-corrected chi connectivity index (χ2v) is 4.56. The van der Waals surface area contributed by atoms with Crippen molar-refractivity contribution < 1.29 is 18.7 Å². The Hall–Kier alpha value is -2.36. The van der Waals surface area contributed by atoms with Crippen LogP contribution in [0.1, 0.15) is 29.8 Å². The molecule has 0 unspecified atom stereocenters. The summed E-state index contributed by atoms with van der Waals surface area (Å²) < 4.78 is 24.2. The predicted octanol–water partition coefficient (Wildman–Crippen LogP) is 4.01. The summed E-state index contributed by atoms with van der Waals surface area (Å²) in [4.78, 5) is 11.5. The molecule has 2 aromatic carbocycles. The van der Waals surface area contributed by atoms with Crippen LogP contribution in [0.15, 0.2) is 42.5 Å². The number of hydrogen-bond acceptors (Lipinski definition) is 3. The first-order valence-electron chi connectivity index (χ1n) is 6.75. The Morgan fingerprint density at radius 1 is 1.14 bits per heavy atom. The molecule has 0 N–H and O–H groups in total. The minimum atomic E-state index is -0.352. The number of carbonyl (C=O) groups is 1. The molecule has 0 amide bonds. The Morgan fingerprint density at radius 2 is 1.95 bits per heavy atom. The molecule has 2 rings (SSSR count). The van der Waals surface area contributed by atoms with Gasteiger partial charge in [0.2, 0.25) is 0 Å². The second kappa shape index (κ2) is 6.88. The van der Waals surface area contributed by atoms with Crippen LogP contribution in [-0.2, 0) is 6.61 Å². The zero-order valence-corrected chi connectivity index (χ0v) is 12.1. The second-order valence-electron chi connectivity index (χ2n) is 4.56. The molecule has 0 spiro atoms. The summed E-state index contributed by atoms with van der Waals surface area (Å²) in [6.45, 7) is 4.12. The predicted molar refractivity (Wildman–Crippen MR) is 78.3 cm³/mol. The van der Waals surface area contributed by atoms with Crippen LogP contribution in [-0.4, -0.2) is 12.4 Å². The maximum atomic E-state index is 13.1. The Kier molecular flexibility index (Phi) is 4.93. The molecule has 0 heterocycles.